The van der Waals surface area contributed by atoms with Gasteiger partial charge in [-0.3, -0.25) is 0 Å². The Morgan fingerprint density at radius 3 is 1.77 bits per heavy atom. The van der Waals surface area contributed by atoms with E-state index in [9.17, 15) is 5.21 Å². The first-order chi connectivity index (χ1) is 4.43. The minimum Gasteiger partial charge on any atom is -0.775 e. The van der Waals surface area contributed by atoms with Gasteiger partial charge in [-0.2, -0.15) is 5.11 Å². The fourth-order valence-electron chi connectivity index (χ4n) is 0.542. The maximum Gasteiger partial charge on any atom is 4.00 e. The molecule has 0 saturated carbocycles. The zero-order valence-electron chi connectivity index (χ0n) is 8.19. The van der Waals surface area contributed by atoms with Crippen LogP contribution in [0.2, 0.25) is 0 Å². The van der Waals surface area contributed by atoms with Crippen molar-refractivity contribution in [3.05, 3.63) is 57.8 Å². The molecule has 0 bridgehead atoms. The smallest absolute Gasteiger partial charge is 0.775 e. The molecular weight excluding hydrogens is 200 g/mol. The molecule has 70 valence electrons. The SMILES string of the molecule is [CH3-].[CH3-].[CH3-].[O-]N=Nc1ccccc1.[Ti+4]. The first-order valence-electron chi connectivity index (χ1n) is 2.52. The van der Waals surface area contributed by atoms with E-state index >= 15 is 0 Å². The quantitative estimate of drug-likeness (QED) is 0.305. The topological polar surface area (TPSA) is 47.8 Å². The number of nitrogens with zero attached hydrogens (tertiary/aromatic N) is 2. The van der Waals surface area contributed by atoms with Crippen molar-refractivity contribution in [1.29, 1.82) is 0 Å². The van der Waals surface area contributed by atoms with Crippen molar-refractivity contribution < 1.29 is 21.7 Å². The number of hydrogen-bond acceptors (Lipinski definition) is 3. The van der Waals surface area contributed by atoms with Gasteiger partial charge in [-0.15, -0.1) is 0 Å². The van der Waals surface area contributed by atoms with E-state index in [0.29, 0.717) is 5.69 Å². The predicted octanol–water partition coefficient (Wildman–Crippen LogP) is 3.62. The molecule has 0 heterocycles. The van der Waals surface area contributed by atoms with Gasteiger partial charge >= 0.3 is 21.7 Å². The zero-order chi connectivity index (χ0) is 6.53. The molecule has 0 radical (unpaired) electrons. The summed E-state index contributed by atoms with van der Waals surface area (Å²) >= 11 is 0. The average molecular weight is 214 g/mol. The average Bonchev–Trinajstić information content (AvgIpc) is 1.91. The van der Waals surface area contributed by atoms with E-state index < -0.39 is 0 Å². The molecule has 0 aliphatic heterocycles. The van der Waals surface area contributed by atoms with Crippen molar-refractivity contribution in [2.75, 3.05) is 0 Å². The molecule has 1 aromatic carbocycles. The molecule has 0 saturated heterocycles. The molecule has 0 atom stereocenters. The molecule has 4 heteroatoms. The monoisotopic (exact) mass is 214 g/mol. The Hall–Kier alpha value is -0.666. The molecule has 0 amide bonds. The molecule has 3 nitrogen and oxygen atoms in total. The molecular formula is C9H14N2OTi. The van der Waals surface area contributed by atoms with E-state index in [1.165, 1.54) is 0 Å². The van der Waals surface area contributed by atoms with E-state index in [0.717, 1.165) is 0 Å². The summed E-state index contributed by atoms with van der Waals surface area (Å²) in [6.07, 6.45) is 0. The Balaban J connectivity index is -0.000000101. The van der Waals surface area contributed by atoms with Gasteiger partial charge in [0.1, 0.15) is 0 Å². The third kappa shape index (κ3) is 9.25. The van der Waals surface area contributed by atoms with Gasteiger partial charge in [0.25, 0.3) is 0 Å². The Morgan fingerprint density at radius 1 is 0.923 bits per heavy atom. The zero-order valence-corrected chi connectivity index (χ0v) is 9.75. The number of hydrogen-bond donors (Lipinski definition) is 0. The van der Waals surface area contributed by atoms with Crippen LogP contribution in [0.1, 0.15) is 0 Å². The summed E-state index contributed by atoms with van der Waals surface area (Å²) in [5.74, 6) is 0. The molecule has 0 N–H and O–H groups in total. The van der Waals surface area contributed by atoms with Crippen LogP contribution in [0.5, 0.6) is 0 Å². The standard InChI is InChI=1S/C6H6N2O.3CH3.Ti/c9-8-7-6-4-2-1-3-5-6;;;;/h1-5H,(H,7,9);3*1H3;/q;3*-1;+4/p-1. The second-order valence-corrected chi connectivity index (χ2v) is 1.52. The number of rotatable bonds is 1. The van der Waals surface area contributed by atoms with Crippen LogP contribution in [-0.2, 0) is 21.7 Å². The van der Waals surface area contributed by atoms with Crippen molar-refractivity contribution in [1.82, 2.24) is 0 Å². The normalized spacial score (nSPS) is 7.08. The maximum atomic E-state index is 9.56. The van der Waals surface area contributed by atoms with E-state index in [1.807, 2.05) is 6.07 Å². The summed E-state index contributed by atoms with van der Waals surface area (Å²) in [5, 5.41) is 15.2. The minimum atomic E-state index is 0. The van der Waals surface area contributed by atoms with Gasteiger partial charge in [0.15, 0.2) is 0 Å². The van der Waals surface area contributed by atoms with Crippen molar-refractivity contribution in [2.45, 2.75) is 0 Å². The second kappa shape index (κ2) is 13.9. The Kier molecular flexibility index (Phi) is 24.4. The van der Waals surface area contributed by atoms with Gasteiger partial charge in [-0.1, -0.05) is 18.2 Å². The summed E-state index contributed by atoms with van der Waals surface area (Å²) < 4.78 is 0. The van der Waals surface area contributed by atoms with E-state index in [1.54, 1.807) is 24.3 Å². The molecule has 1 rings (SSSR count). The second-order valence-electron chi connectivity index (χ2n) is 1.52. The van der Waals surface area contributed by atoms with Crippen LogP contribution in [0.4, 0.5) is 5.69 Å². The van der Waals surface area contributed by atoms with Gasteiger partial charge in [0, 0.05) is 0 Å². The molecule has 1 aromatic rings. The molecule has 0 aliphatic carbocycles. The summed E-state index contributed by atoms with van der Waals surface area (Å²) in [4.78, 5) is 0. The van der Waals surface area contributed by atoms with Crippen LogP contribution in [0.15, 0.2) is 40.7 Å². The van der Waals surface area contributed by atoms with Crippen molar-refractivity contribution in [2.24, 2.45) is 10.4 Å². The van der Waals surface area contributed by atoms with Crippen LogP contribution in [0, 0.1) is 27.5 Å². The van der Waals surface area contributed by atoms with Gasteiger partial charge in [-0.05, 0) is 12.1 Å². The van der Waals surface area contributed by atoms with Gasteiger partial charge in [-0.25, -0.2) is 5.28 Å². The molecule has 0 unspecified atom stereocenters. The van der Waals surface area contributed by atoms with E-state index in [2.05, 4.69) is 10.4 Å². The first-order valence-corrected chi connectivity index (χ1v) is 2.52. The molecule has 0 spiro atoms. The van der Waals surface area contributed by atoms with Crippen LogP contribution >= 0.6 is 0 Å². The third-order valence-corrected chi connectivity index (χ3v) is 0.912. The van der Waals surface area contributed by atoms with Crippen LogP contribution in [0.25, 0.3) is 0 Å². The first kappa shape index (κ1) is 22.8. The predicted molar refractivity (Wildman–Crippen MR) is 53.6 cm³/mol. The van der Waals surface area contributed by atoms with Crippen LogP contribution < -0.4 is 0 Å². The largest absolute Gasteiger partial charge is 4.00 e. The van der Waals surface area contributed by atoms with Crippen LogP contribution in [-0.4, -0.2) is 0 Å². The molecule has 0 fully saturated rings. The van der Waals surface area contributed by atoms with Crippen molar-refractivity contribution >= 4 is 5.69 Å². The molecule has 13 heavy (non-hydrogen) atoms. The Labute approximate surface area is 95.7 Å². The van der Waals surface area contributed by atoms with Gasteiger partial charge in [0.2, 0.25) is 0 Å². The minimum absolute atomic E-state index is 0. The Bertz CT molecular complexity index is 202. The Morgan fingerprint density at radius 2 is 1.38 bits per heavy atom. The summed E-state index contributed by atoms with van der Waals surface area (Å²) in [6.45, 7) is 0. The molecule has 0 aliphatic rings. The van der Waals surface area contributed by atoms with E-state index in [-0.39, 0.29) is 44.0 Å². The fraction of sp³-hybridized carbons (Fsp3) is 0. The van der Waals surface area contributed by atoms with E-state index in [4.69, 9.17) is 0 Å². The van der Waals surface area contributed by atoms with Gasteiger partial charge in [0.05, 0.1) is 5.69 Å². The fourth-order valence-corrected chi connectivity index (χ4v) is 0.542. The summed E-state index contributed by atoms with van der Waals surface area (Å²) in [7, 11) is 0. The van der Waals surface area contributed by atoms with Crippen LogP contribution in [0.3, 0.4) is 0 Å². The molecule has 0 aromatic heterocycles. The van der Waals surface area contributed by atoms with Crippen molar-refractivity contribution in [3.63, 3.8) is 0 Å². The summed E-state index contributed by atoms with van der Waals surface area (Å²) in [6, 6.07) is 8.86. The number of benzene rings is 1. The maximum absolute atomic E-state index is 9.56. The third-order valence-electron chi connectivity index (χ3n) is 0.912. The summed E-state index contributed by atoms with van der Waals surface area (Å²) in [5.41, 5.74) is 0.590. The van der Waals surface area contributed by atoms with Gasteiger partial charge < -0.3 is 27.5 Å². The van der Waals surface area contributed by atoms with Crippen molar-refractivity contribution in [3.8, 4) is 0 Å².